The molecule has 0 bridgehead atoms. The van der Waals surface area contributed by atoms with E-state index in [9.17, 15) is 9.59 Å². The van der Waals surface area contributed by atoms with Gasteiger partial charge in [-0.2, -0.15) is 11.8 Å². The fourth-order valence-corrected chi connectivity index (χ4v) is 6.83. The minimum absolute atomic E-state index is 0. The van der Waals surface area contributed by atoms with Gasteiger partial charge in [-0.15, -0.1) is 0 Å². The Morgan fingerprint density at radius 3 is 1.98 bits per heavy atom. The summed E-state index contributed by atoms with van der Waals surface area (Å²) in [6.07, 6.45) is 26.9. The zero-order valence-corrected chi connectivity index (χ0v) is 29.7. The number of ether oxygens (including phenoxy) is 2. The summed E-state index contributed by atoms with van der Waals surface area (Å²) >= 11 is 1.88. The van der Waals surface area contributed by atoms with Crippen LogP contribution in [0.3, 0.4) is 0 Å². The molecule has 0 saturated carbocycles. The summed E-state index contributed by atoms with van der Waals surface area (Å²) in [6, 6.07) is 6.36. The first-order valence-electron chi connectivity index (χ1n) is 17.2. The number of hydrogen-bond donors (Lipinski definition) is 1. The van der Waals surface area contributed by atoms with Crippen molar-refractivity contribution in [3.8, 4) is 0 Å². The predicted molar refractivity (Wildman–Crippen MR) is 175 cm³/mol. The Balaban J connectivity index is 0.00000924. The summed E-state index contributed by atoms with van der Waals surface area (Å²) in [7, 11) is 1.44. The lowest BCUT2D eigenvalue weighted by molar-refractivity contribution is -0.705. The van der Waals surface area contributed by atoms with E-state index >= 15 is 0 Å². The molecule has 248 valence electrons. The van der Waals surface area contributed by atoms with E-state index in [0.29, 0.717) is 30.7 Å². The molecule has 2 unspecified atom stereocenters. The molecule has 1 aromatic heterocycles. The molecular weight excluding hydrogens is 624 g/mol. The molecule has 2 atom stereocenters. The number of nitrogens with one attached hydrogen (secondary N) is 1. The maximum Gasteiger partial charge on any atom is 0.407 e. The van der Waals surface area contributed by atoms with Crippen LogP contribution in [0.4, 0.5) is 4.79 Å². The number of alkyl carbamates (subject to hydrolysis) is 1. The Bertz CT molecular complexity index is 844. The van der Waals surface area contributed by atoms with Gasteiger partial charge in [0.2, 0.25) is 0 Å². The second kappa shape index (κ2) is 27.1. The van der Waals surface area contributed by atoms with Gasteiger partial charge in [-0.3, -0.25) is 4.79 Å². The molecule has 0 aliphatic carbocycles. The molecule has 1 aromatic rings. The molecule has 43 heavy (non-hydrogen) atoms. The number of methoxy groups -OCH3 is 1. The molecule has 0 radical (unpaired) electrons. The van der Waals surface area contributed by atoms with Gasteiger partial charge < -0.3 is 31.8 Å². The van der Waals surface area contributed by atoms with Gasteiger partial charge in [0.05, 0.1) is 18.3 Å². The van der Waals surface area contributed by atoms with Crippen molar-refractivity contribution in [2.75, 3.05) is 26.0 Å². The van der Waals surface area contributed by atoms with E-state index in [1.165, 1.54) is 109 Å². The molecule has 2 heterocycles. The van der Waals surface area contributed by atoms with Crippen LogP contribution in [-0.2, 0) is 20.8 Å². The van der Waals surface area contributed by atoms with Gasteiger partial charge in [0.1, 0.15) is 13.2 Å². The highest BCUT2D eigenvalue weighted by atomic mass is 79.9. The third kappa shape index (κ3) is 19.0. The number of thioether (sulfide) groups is 1. The second-order valence-corrected chi connectivity index (χ2v) is 13.3. The van der Waals surface area contributed by atoms with Gasteiger partial charge in [0, 0.05) is 37.3 Å². The van der Waals surface area contributed by atoms with Crippen LogP contribution in [0.5, 0.6) is 0 Å². The van der Waals surface area contributed by atoms with Crippen LogP contribution in [-0.4, -0.2) is 43.3 Å². The number of aromatic nitrogens is 1. The van der Waals surface area contributed by atoms with E-state index in [-0.39, 0.29) is 29.0 Å². The maximum absolute atomic E-state index is 12.2. The highest BCUT2D eigenvalue weighted by Gasteiger charge is 2.39. The zero-order valence-electron chi connectivity index (χ0n) is 27.3. The van der Waals surface area contributed by atoms with Gasteiger partial charge in [-0.1, -0.05) is 109 Å². The Hall–Kier alpha value is -1.28. The summed E-state index contributed by atoms with van der Waals surface area (Å²) < 4.78 is 12.6. The second-order valence-electron chi connectivity index (χ2n) is 12.0. The van der Waals surface area contributed by atoms with Crippen molar-refractivity contribution in [2.45, 2.75) is 153 Å². The monoisotopic (exact) mass is 684 g/mol. The number of halogens is 1. The standard InChI is InChI=1S/C35H60N2O4S.BrH/c1-3-4-5-6-7-8-9-10-11-12-13-14-15-16-17-21-26-36-35(39)41-29-33-31(30-42-33)32-24-20-23-28-37(32)27-22-18-19-25-34(38)40-2;/h20,23-24,28,31,33H,3-19,21-22,25-27,29-30H2,1-2H3;1H. The number of unbranched alkanes of at least 4 members (excludes halogenated alkanes) is 17. The Kier molecular flexibility index (Phi) is 25.0. The van der Waals surface area contributed by atoms with Crippen molar-refractivity contribution in [1.29, 1.82) is 0 Å². The molecule has 0 aromatic carbocycles. The maximum atomic E-state index is 12.2. The van der Waals surface area contributed by atoms with Crippen molar-refractivity contribution < 1.29 is 40.6 Å². The molecular formula is C35H61BrN2O4S. The molecule has 1 aliphatic heterocycles. The van der Waals surface area contributed by atoms with Gasteiger partial charge in [-0.25, -0.2) is 9.36 Å². The lowest BCUT2D eigenvalue weighted by Gasteiger charge is -2.33. The SMILES string of the molecule is CCCCCCCCCCCCCCCCCCNC(=O)OCC1SCC1c1cccc[n+]1CCCCCC(=O)OC.[Br-]. The van der Waals surface area contributed by atoms with Gasteiger partial charge in [0.15, 0.2) is 11.9 Å². The van der Waals surface area contributed by atoms with Crippen molar-refractivity contribution in [3.63, 3.8) is 0 Å². The molecule has 8 heteroatoms. The van der Waals surface area contributed by atoms with Crippen LogP contribution < -0.4 is 26.9 Å². The smallest absolute Gasteiger partial charge is 0.407 e. The molecule has 2 rings (SSSR count). The predicted octanol–water partition coefficient (Wildman–Crippen LogP) is 5.90. The van der Waals surface area contributed by atoms with E-state index in [1.807, 2.05) is 11.8 Å². The number of hydrogen-bond acceptors (Lipinski definition) is 5. The van der Waals surface area contributed by atoms with E-state index < -0.39 is 0 Å². The first-order chi connectivity index (χ1) is 20.7. The first-order valence-corrected chi connectivity index (χ1v) is 18.3. The number of carbonyl (C=O) groups is 2. The summed E-state index contributed by atoms with van der Waals surface area (Å²) in [4.78, 5) is 23.6. The van der Waals surface area contributed by atoms with E-state index in [4.69, 9.17) is 9.47 Å². The number of nitrogens with zero attached hydrogens (tertiary/aromatic N) is 1. The fraction of sp³-hybridized carbons (Fsp3) is 0.800. The molecule has 1 fully saturated rings. The number of aryl methyl sites for hydroxylation is 1. The lowest BCUT2D eigenvalue weighted by Crippen LogP contribution is -3.00. The minimum Gasteiger partial charge on any atom is -1.00 e. The minimum atomic E-state index is -0.284. The summed E-state index contributed by atoms with van der Waals surface area (Å²) in [5.41, 5.74) is 1.31. The number of rotatable bonds is 26. The van der Waals surface area contributed by atoms with Crippen molar-refractivity contribution in [1.82, 2.24) is 5.32 Å². The Labute approximate surface area is 278 Å². The highest BCUT2D eigenvalue weighted by Crippen LogP contribution is 2.41. The summed E-state index contributed by atoms with van der Waals surface area (Å²) in [5.74, 6) is 1.33. The van der Waals surface area contributed by atoms with Gasteiger partial charge in [-0.05, 0) is 19.3 Å². The average Bonchev–Trinajstić information content (AvgIpc) is 2.98. The number of carbonyl (C=O) groups excluding carboxylic acids is 2. The van der Waals surface area contributed by atoms with Crippen molar-refractivity contribution in [3.05, 3.63) is 30.1 Å². The number of pyridine rings is 1. The quantitative estimate of drug-likeness (QED) is 0.0748. The lowest BCUT2D eigenvalue weighted by atomic mass is 10.0. The van der Waals surface area contributed by atoms with Crippen LogP contribution in [0.15, 0.2) is 24.4 Å². The number of esters is 1. The van der Waals surface area contributed by atoms with Crippen LogP contribution in [0.25, 0.3) is 0 Å². The Morgan fingerprint density at radius 1 is 0.837 bits per heavy atom. The topological polar surface area (TPSA) is 68.5 Å². The van der Waals surface area contributed by atoms with E-state index in [0.717, 1.165) is 38.0 Å². The Morgan fingerprint density at radius 2 is 1.42 bits per heavy atom. The molecule has 1 amide bonds. The molecule has 0 spiro atoms. The van der Waals surface area contributed by atoms with Gasteiger partial charge >= 0.3 is 12.1 Å². The van der Waals surface area contributed by atoms with E-state index in [1.54, 1.807) is 0 Å². The molecule has 1 saturated heterocycles. The van der Waals surface area contributed by atoms with Crippen LogP contribution in [0.2, 0.25) is 0 Å². The third-order valence-corrected chi connectivity index (χ3v) is 9.92. The fourth-order valence-electron chi connectivity index (χ4n) is 5.70. The molecule has 1 N–H and O–H groups in total. The highest BCUT2D eigenvalue weighted by molar-refractivity contribution is 8.01. The zero-order chi connectivity index (χ0) is 30.1. The van der Waals surface area contributed by atoms with Crippen LogP contribution in [0, 0.1) is 0 Å². The number of amides is 1. The van der Waals surface area contributed by atoms with Gasteiger partial charge in [0.25, 0.3) is 0 Å². The normalized spacial score (nSPS) is 15.8. The summed E-state index contributed by atoms with van der Waals surface area (Å²) in [5, 5.41) is 3.25. The van der Waals surface area contributed by atoms with Crippen molar-refractivity contribution >= 4 is 23.8 Å². The first kappa shape index (κ1) is 39.7. The molecule has 1 aliphatic rings. The summed E-state index contributed by atoms with van der Waals surface area (Å²) in [6.45, 7) is 4.37. The largest absolute Gasteiger partial charge is 1.00 e. The van der Waals surface area contributed by atoms with E-state index in [2.05, 4.69) is 41.2 Å². The van der Waals surface area contributed by atoms with Crippen molar-refractivity contribution in [2.24, 2.45) is 0 Å². The third-order valence-electron chi connectivity index (χ3n) is 8.48. The van der Waals surface area contributed by atoms with Crippen LogP contribution >= 0.6 is 11.8 Å². The van der Waals surface area contributed by atoms with Crippen LogP contribution in [0.1, 0.15) is 147 Å². The molecule has 6 nitrogen and oxygen atoms in total. The average molecular weight is 686 g/mol.